The van der Waals surface area contributed by atoms with Crippen LogP contribution in [0, 0.1) is 0 Å². The van der Waals surface area contributed by atoms with E-state index in [2.05, 4.69) is 30.3 Å². The first-order valence-corrected chi connectivity index (χ1v) is 6.95. The van der Waals surface area contributed by atoms with Crippen LogP contribution in [-0.4, -0.2) is 5.05 Å². The highest BCUT2D eigenvalue weighted by molar-refractivity contribution is 7.80. The van der Waals surface area contributed by atoms with E-state index < -0.39 is 0 Å². The molecule has 0 heterocycles. The maximum atomic E-state index is 5.66. The fraction of sp³-hybridized carbons (Fsp3) is 0.0556. The topological polar surface area (TPSA) is 9.23 Å². The maximum absolute atomic E-state index is 5.66. The molecule has 98 valence electrons. The zero-order valence-electron chi connectivity index (χ0n) is 11.0. The van der Waals surface area contributed by atoms with Gasteiger partial charge in [-0.15, -0.1) is 0 Å². The minimum Gasteiger partial charge on any atom is -0.450 e. The van der Waals surface area contributed by atoms with Crippen molar-refractivity contribution in [3.63, 3.8) is 0 Å². The summed E-state index contributed by atoms with van der Waals surface area (Å²) in [7, 11) is 0. The van der Waals surface area contributed by atoms with Crippen LogP contribution >= 0.6 is 12.2 Å². The van der Waals surface area contributed by atoms with E-state index in [9.17, 15) is 0 Å². The molecule has 0 spiro atoms. The smallest absolute Gasteiger partial charge is 0.171 e. The summed E-state index contributed by atoms with van der Waals surface area (Å²) in [5, 5.41) is 3.06. The number of para-hydroxylation sites is 1. The van der Waals surface area contributed by atoms with E-state index in [4.69, 9.17) is 17.0 Å². The molecule has 0 amide bonds. The Morgan fingerprint density at radius 1 is 0.800 bits per heavy atom. The largest absolute Gasteiger partial charge is 0.450 e. The molecule has 0 aliphatic rings. The lowest BCUT2D eigenvalue weighted by molar-refractivity contribution is 0.553. The van der Waals surface area contributed by atoms with Crippen LogP contribution in [0.25, 0.3) is 10.8 Å². The Morgan fingerprint density at radius 3 is 2.30 bits per heavy atom. The van der Waals surface area contributed by atoms with Gasteiger partial charge in [0.1, 0.15) is 5.75 Å². The Balaban J connectivity index is 1.74. The molecule has 3 aromatic rings. The molecule has 0 aromatic heterocycles. The lowest BCUT2D eigenvalue weighted by Crippen LogP contribution is -2.08. The van der Waals surface area contributed by atoms with Crippen molar-refractivity contribution >= 4 is 28.0 Å². The molecule has 0 atom stereocenters. The molecule has 2 heteroatoms. The Kier molecular flexibility index (Phi) is 3.75. The molecule has 20 heavy (non-hydrogen) atoms. The number of hydrogen-bond acceptors (Lipinski definition) is 2. The standard InChI is InChI=1S/C18H14OS/c20-18(19-17-8-2-1-3-9-17)13-14-10-11-15-6-4-5-7-16(15)12-14/h1-12H,13H2. The monoisotopic (exact) mass is 278 g/mol. The van der Waals surface area contributed by atoms with Crippen LogP contribution < -0.4 is 4.74 Å². The van der Waals surface area contributed by atoms with E-state index in [-0.39, 0.29) is 0 Å². The highest BCUT2D eigenvalue weighted by Gasteiger charge is 2.03. The molecule has 0 radical (unpaired) electrons. The Bertz CT molecular complexity index is 735. The molecule has 3 aromatic carbocycles. The molecule has 0 aliphatic carbocycles. The summed E-state index contributed by atoms with van der Waals surface area (Å²) < 4.78 is 5.66. The normalized spacial score (nSPS) is 10.4. The summed E-state index contributed by atoms with van der Waals surface area (Å²) in [6.45, 7) is 0. The average Bonchev–Trinajstić information content (AvgIpc) is 2.48. The summed E-state index contributed by atoms with van der Waals surface area (Å²) in [6.07, 6.45) is 0.648. The van der Waals surface area contributed by atoms with Gasteiger partial charge in [0, 0.05) is 6.42 Å². The maximum Gasteiger partial charge on any atom is 0.171 e. The van der Waals surface area contributed by atoms with Crippen molar-refractivity contribution in [1.29, 1.82) is 0 Å². The van der Waals surface area contributed by atoms with Crippen LogP contribution in [0.15, 0.2) is 72.8 Å². The zero-order valence-corrected chi connectivity index (χ0v) is 11.8. The zero-order chi connectivity index (χ0) is 13.8. The second-order valence-corrected chi connectivity index (χ2v) is 5.10. The van der Waals surface area contributed by atoms with Crippen molar-refractivity contribution in [2.45, 2.75) is 6.42 Å². The van der Waals surface area contributed by atoms with Gasteiger partial charge in [-0.1, -0.05) is 60.7 Å². The van der Waals surface area contributed by atoms with Crippen LogP contribution in [-0.2, 0) is 6.42 Å². The summed E-state index contributed by atoms with van der Waals surface area (Å²) in [5.41, 5.74) is 1.17. The average molecular weight is 278 g/mol. The van der Waals surface area contributed by atoms with E-state index in [0.717, 1.165) is 5.75 Å². The third kappa shape index (κ3) is 3.03. The molecule has 0 saturated carbocycles. The second kappa shape index (κ2) is 5.85. The molecule has 1 nitrogen and oxygen atoms in total. The molecule has 0 aliphatic heterocycles. The van der Waals surface area contributed by atoms with Crippen molar-refractivity contribution in [1.82, 2.24) is 0 Å². The minimum absolute atomic E-state index is 0.589. The molecule has 0 bridgehead atoms. The van der Waals surface area contributed by atoms with Gasteiger partial charge in [-0.2, -0.15) is 0 Å². The fourth-order valence-electron chi connectivity index (χ4n) is 2.17. The van der Waals surface area contributed by atoms with Gasteiger partial charge >= 0.3 is 0 Å². The molecule has 3 rings (SSSR count). The molecule has 0 unspecified atom stereocenters. The van der Waals surface area contributed by atoms with E-state index in [1.165, 1.54) is 16.3 Å². The molecular weight excluding hydrogens is 264 g/mol. The first kappa shape index (κ1) is 12.8. The lowest BCUT2D eigenvalue weighted by Gasteiger charge is -2.07. The predicted molar refractivity (Wildman–Crippen MR) is 87.3 cm³/mol. The van der Waals surface area contributed by atoms with Gasteiger partial charge in [0.25, 0.3) is 0 Å². The first-order valence-electron chi connectivity index (χ1n) is 6.55. The second-order valence-electron chi connectivity index (χ2n) is 4.65. The number of fused-ring (bicyclic) bond motifs is 1. The van der Waals surface area contributed by atoms with Gasteiger partial charge in [-0.25, -0.2) is 0 Å². The molecule has 0 N–H and O–H groups in total. The van der Waals surface area contributed by atoms with Crippen molar-refractivity contribution in [2.75, 3.05) is 0 Å². The first-order chi connectivity index (χ1) is 9.81. The van der Waals surface area contributed by atoms with Crippen molar-refractivity contribution in [3.05, 3.63) is 78.4 Å². The Morgan fingerprint density at radius 2 is 1.50 bits per heavy atom. The Labute approximate surface area is 123 Å². The quantitative estimate of drug-likeness (QED) is 0.637. The highest BCUT2D eigenvalue weighted by atomic mass is 32.1. The van der Waals surface area contributed by atoms with Crippen molar-refractivity contribution in [2.24, 2.45) is 0 Å². The SMILES string of the molecule is S=C(Cc1ccc2ccccc2c1)Oc1ccccc1. The van der Waals surface area contributed by atoms with Gasteiger partial charge in [-0.05, 0) is 40.7 Å². The third-order valence-corrected chi connectivity index (χ3v) is 3.36. The summed E-state index contributed by atoms with van der Waals surface area (Å²) in [5.74, 6) is 0.790. The van der Waals surface area contributed by atoms with Crippen LogP contribution in [0.5, 0.6) is 5.75 Å². The summed E-state index contributed by atoms with van der Waals surface area (Å²) in [4.78, 5) is 0. The van der Waals surface area contributed by atoms with Gasteiger partial charge in [-0.3, -0.25) is 0 Å². The van der Waals surface area contributed by atoms with Crippen molar-refractivity contribution < 1.29 is 4.74 Å². The number of thiocarbonyl (C=S) groups is 1. The van der Waals surface area contributed by atoms with Gasteiger partial charge < -0.3 is 4.74 Å². The number of rotatable bonds is 3. The molecule has 0 fully saturated rings. The highest BCUT2D eigenvalue weighted by Crippen LogP contribution is 2.17. The summed E-state index contributed by atoms with van der Waals surface area (Å²) >= 11 is 5.32. The van der Waals surface area contributed by atoms with Crippen molar-refractivity contribution in [3.8, 4) is 5.75 Å². The van der Waals surface area contributed by atoms with E-state index in [1.807, 2.05) is 42.5 Å². The Hall–Kier alpha value is -2.19. The minimum atomic E-state index is 0.589. The van der Waals surface area contributed by atoms with Gasteiger partial charge in [0.2, 0.25) is 0 Å². The lowest BCUT2D eigenvalue weighted by atomic mass is 10.1. The van der Waals surface area contributed by atoms with Gasteiger partial charge in [0.15, 0.2) is 5.05 Å². The van der Waals surface area contributed by atoms with Gasteiger partial charge in [0.05, 0.1) is 0 Å². The van der Waals surface area contributed by atoms with E-state index >= 15 is 0 Å². The number of ether oxygens (including phenoxy) is 1. The van der Waals surface area contributed by atoms with Crippen LogP contribution in [0.2, 0.25) is 0 Å². The molecule has 0 saturated heterocycles. The fourth-order valence-corrected chi connectivity index (χ4v) is 2.43. The molecular formula is C18H14OS. The van der Waals surface area contributed by atoms with Crippen LogP contribution in [0.1, 0.15) is 5.56 Å². The number of benzene rings is 3. The summed E-state index contributed by atoms with van der Waals surface area (Å²) in [6, 6.07) is 24.4. The third-order valence-electron chi connectivity index (χ3n) is 3.14. The van der Waals surface area contributed by atoms with Crippen LogP contribution in [0.4, 0.5) is 0 Å². The van der Waals surface area contributed by atoms with E-state index in [1.54, 1.807) is 0 Å². The number of hydrogen-bond donors (Lipinski definition) is 0. The predicted octanol–water partition coefficient (Wildman–Crippen LogP) is 4.79. The van der Waals surface area contributed by atoms with E-state index in [0.29, 0.717) is 11.5 Å². The van der Waals surface area contributed by atoms with Crippen LogP contribution in [0.3, 0.4) is 0 Å².